The van der Waals surface area contributed by atoms with E-state index in [1.807, 2.05) is 18.2 Å². The Bertz CT molecular complexity index is 744. The Labute approximate surface area is 145 Å². The molecule has 0 aliphatic carbocycles. The first-order valence-corrected chi connectivity index (χ1v) is 11.3. The molecule has 24 heavy (non-hydrogen) atoms. The average Bonchev–Trinajstić information content (AvgIpc) is 2.44. The lowest BCUT2D eigenvalue weighted by Crippen LogP contribution is -2.43. The van der Waals surface area contributed by atoms with Crippen LogP contribution in [0.4, 0.5) is 0 Å². The van der Waals surface area contributed by atoms with Gasteiger partial charge < -0.3 is 9.53 Å². The number of carboxylic acids is 1. The molecule has 0 bridgehead atoms. The smallest absolute Gasteiger partial charge is 0.336 e. The molecule has 0 radical (unpaired) electrons. The van der Waals surface area contributed by atoms with Crippen molar-refractivity contribution in [2.75, 3.05) is 0 Å². The second-order valence-corrected chi connectivity index (χ2v) is 12.8. The highest BCUT2D eigenvalue weighted by atomic mass is 28.4. The molecule has 4 heteroatoms. The number of aromatic carboxylic acids is 1. The molecule has 2 rings (SSSR count). The molecular formula is C20H28O3Si. The molecule has 0 spiro atoms. The number of carboxylic acid groups (broad SMARTS) is 1. The van der Waals surface area contributed by atoms with Crippen LogP contribution in [0, 0.1) is 0 Å². The third-order valence-corrected chi connectivity index (χ3v) is 9.60. The van der Waals surface area contributed by atoms with Gasteiger partial charge in [0.05, 0.1) is 5.56 Å². The van der Waals surface area contributed by atoms with Crippen LogP contribution in [0.5, 0.6) is 0 Å². The maximum Gasteiger partial charge on any atom is 0.336 e. The van der Waals surface area contributed by atoms with Gasteiger partial charge in [0.15, 0.2) is 8.32 Å². The number of rotatable bonds is 5. The van der Waals surface area contributed by atoms with E-state index in [2.05, 4.69) is 46.9 Å². The van der Waals surface area contributed by atoms with Crippen LogP contribution in [0.15, 0.2) is 36.4 Å². The molecule has 0 saturated heterocycles. The normalized spacial score (nSPS) is 13.9. The van der Waals surface area contributed by atoms with E-state index in [-0.39, 0.29) is 11.1 Å². The number of fused-ring (bicyclic) bond motifs is 1. The number of benzene rings is 2. The summed E-state index contributed by atoms with van der Waals surface area (Å²) in [6, 6.07) is 11.4. The molecule has 2 aromatic rings. The SMILES string of the molecule is CC(Cc1ccc2c(C(=O)O)cccc2c1)O[Si](C)(C)C(C)(C)C. The van der Waals surface area contributed by atoms with Gasteiger partial charge >= 0.3 is 5.97 Å². The summed E-state index contributed by atoms with van der Waals surface area (Å²) in [6.07, 6.45) is 0.978. The van der Waals surface area contributed by atoms with Gasteiger partial charge in [0.1, 0.15) is 0 Å². The third-order valence-electron chi connectivity index (χ3n) is 5.00. The highest BCUT2D eigenvalue weighted by Crippen LogP contribution is 2.37. The van der Waals surface area contributed by atoms with Crippen molar-refractivity contribution in [3.8, 4) is 0 Å². The lowest BCUT2D eigenvalue weighted by Gasteiger charge is -2.38. The zero-order chi connectivity index (χ0) is 18.1. The molecule has 0 amide bonds. The first-order chi connectivity index (χ1) is 11.0. The van der Waals surface area contributed by atoms with Crippen LogP contribution < -0.4 is 0 Å². The standard InChI is InChI=1S/C20H28O3Si/c1-14(23-24(5,6)20(2,3)4)12-15-10-11-17-16(13-15)8-7-9-18(17)19(21)22/h7-11,13-14H,12H2,1-6H3,(H,21,22). The van der Waals surface area contributed by atoms with Gasteiger partial charge in [-0.05, 0) is 53.9 Å². The predicted octanol–water partition coefficient (Wildman–Crippen LogP) is 5.49. The molecular weight excluding hydrogens is 316 g/mol. The third kappa shape index (κ3) is 4.05. The lowest BCUT2D eigenvalue weighted by atomic mass is 10.00. The monoisotopic (exact) mass is 344 g/mol. The van der Waals surface area contributed by atoms with E-state index in [0.717, 1.165) is 17.2 Å². The Balaban J connectivity index is 2.20. The predicted molar refractivity (Wildman–Crippen MR) is 102 cm³/mol. The van der Waals surface area contributed by atoms with Gasteiger partial charge in [-0.15, -0.1) is 0 Å². The van der Waals surface area contributed by atoms with Gasteiger partial charge in [0.25, 0.3) is 0 Å². The molecule has 1 atom stereocenters. The van der Waals surface area contributed by atoms with Crippen molar-refractivity contribution in [1.29, 1.82) is 0 Å². The molecule has 0 saturated carbocycles. The second kappa shape index (κ2) is 6.69. The van der Waals surface area contributed by atoms with Gasteiger partial charge in [-0.25, -0.2) is 4.79 Å². The minimum absolute atomic E-state index is 0.144. The van der Waals surface area contributed by atoms with Crippen LogP contribution >= 0.6 is 0 Å². The van der Waals surface area contributed by atoms with Crippen molar-refractivity contribution in [2.24, 2.45) is 0 Å². The van der Waals surface area contributed by atoms with Crippen LogP contribution in [0.2, 0.25) is 18.1 Å². The molecule has 0 aliphatic heterocycles. The van der Waals surface area contributed by atoms with Crippen molar-refractivity contribution in [1.82, 2.24) is 0 Å². The van der Waals surface area contributed by atoms with Gasteiger partial charge in [0.2, 0.25) is 0 Å². The topological polar surface area (TPSA) is 46.5 Å². The Morgan fingerprint density at radius 2 is 1.88 bits per heavy atom. The quantitative estimate of drug-likeness (QED) is 0.729. The first kappa shape index (κ1) is 18.7. The zero-order valence-corrected chi connectivity index (χ0v) is 16.5. The van der Waals surface area contributed by atoms with Crippen molar-refractivity contribution in [3.63, 3.8) is 0 Å². The fraction of sp³-hybridized carbons (Fsp3) is 0.450. The molecule has 0 fully saturated rings. The van der Waals surface area contributed by atoms with Crippen LogP contribution in [0.1, 0.15) is 43.6 Å². The van der Waals surface area contributed by atoms with Crippen molar-refractivity contribution in [3.05, 3.63) is 47.5 Å². The van der Waals surface area contributed by atoms with Crippen LogP contribution in [-0.4, -0.2) is 25.5 Å². The minimum Gasteiger partial charge on any atom is -0.478 e. The summed E-state index contributed by atoms with van der Waals surface area (Å²) in [7, 11) is -1.78. The van der Waals surface area contributed by atoms with Crippen LogP contribution in [0.25, 0.3) is 10.8 Å². The van der Waals surface area contributed by atoms with Crippen LogP contribution in [0.3, 0.4) is 0 Å². The van der Waals surface area contributed by atoms with Gasteiger partial charge in [-0.3, -0.25) is 0 Å². The van der Waals surface area contributed by atoms with Gasteiger partial charge in [-0.2, -0.15) is 0 Å². The summed E-state index contributed by atoms with van der Waals surface area (Å²) in [4.78, 5) is 11.3. The number of hydrogen-bond donors (Lipinski definition) is 1. The maximum atomic E-state index is 11.3. The Morgan fingerprint density at radius 3 is 2.46 bits per heavy atom. The van der Waals surface area contributed by atoms with E-state index in [1.165, 1.54) is 5.56 Å². The van der Waals surface area contributed by atoms with Crippen molar-refractivity contribution >= 4 is 25.1 Å². The molecule has 0 heterocycles. The Kier molecular flexibility index (Phi) is 5.21. The minimum atomic E-state index is -1.78. The highest BCUT2D eigenvalue weighted by Gasteiger charge is 2.38. The molecule has 0 aromatic heterocycles. The summed E-state index contributed by atoms with van der Waals surface area (Å²) in [5, 5.41) is 11.2. The van der Waals surface area contributed by atoms with E-state index >= 15 is 0 Å². The lowest BCUT2D eigenvalue weighted by molar-refractivity contribution is 0.0699. The maximum absolute atomic E-state index is 11.3. The van der Waals surface area contributed by atoms with E-state index in [0.29, 0.717) is 5.56 Å². The fourth-order valence-electron chi connectivity index (χ4n) is 2.70. The summed E-state index contributed by atoms with van der Waals surface area (Å²) < 4.78 is 6.42. The number of hydrogen-bond acceptors (Lipinski definition) is 2. The Hall–Kier alpha value is -1.65. The molecule has 130 valence electrons. The molecule has 1 N–H and O–H groups in total. The summed E-state index contributed by atoms with van der Waals surface area (Å²) in [5.74, 6) is -0.886. The van der Waals surface area contributed by atoms with Crippen molar-refractivity contribution < 1.29 is 14.3 Å². The summed E-state index contributed by atoms with van der Waals surface area (Å²) >= 11 is 0. The van der Waals surface area contributed by atoms with E-state index in [9.17, 15) is 9.90 Å². The Morgan fingerprint density at radius 1 is 1.21 bits per heavy atom. The van der Waals surface area contributed by atoms with Gasteiger partial charge in [-0.1, -0.05) is 51.1 Å². The van der Waals surface area contributed by atoms with Crippen LogP contribution in [-0.2, 0) is 10.8 Å². The average molecular weight is 345 g/mol. The molecule has 3 nitrogen and oxygen atoms in total. The van der Waals surface area contributed by atoms with E-state index < -0.39 is 14.3 Å². The molecule has 0 aliphatic rings. The summed E-state index contributed by atoms with van der Waals surface area (Å²) in [5.41, 5.74) is 1.53. The number of carbonyl (C=O) groups is 1. The molecule has 2 aromatic carbocycles. The van der Waals surface area contributed by atoms with Gasteiger partial charge in [0, 0.05) is 6.10 Å². The van der Waals surface area contributed by atoms with E-state index in [1.54, 1.807) is 12.1 Å². The zero-order valence-electron chi connectivity index (χ0n) is 15.5. The largest absolute Gasteiger partial charge is 0.478 e. The summed E-state index contributed by atoms with van der Waals surface area (Å²) in [6.45, 7) is 13.4. The second-order valence-electron chi connectivity index (χ2n) is 8.06. The fourth-order valence-corrected chi connectivity index (χ4v) is 4.14. The van der Waals surface area contributed by atoms with Crippen molar-refractivity contribution in [2.45, 2.75) is 58.4 Å². The highest BCUT2D eigenvalue weighted by molar-refractivity contribution is 6.74. The molecule has 1 unspecified atom stereocenters. The van der Waals surface area contributed by atoms with E-state index in [4.69, 9.17) is 4.43 Å². The first-order valence-electron chi connectivity index (χ1n) is 8.44.